The molecule has 1 heterocycles. The van der Waals surface area contributed by atoms with Gasteiger partial charge in [0.05, 0.1) is 18.7 Å². The van der Waals surface area contributed by atoms with Crippen molar-refractivity contribution in [2.45, 2.75) is 20.4 Å². The molecule has 1 unspecified atom stereocenters. The van der Waals surface area contributed by atoms with Crippen molar-refractivity contribution in [1.82, 2.24) is 9.88 Å². The third kappa shape index (κ3) is 4.53. The first-order chi connectivity index (χ1) is 8.17. The van der Waals surface area contributed by atoms with Gasteiger partial charge in [-0.1, -0.05) is 19.9 Å². The molecule has 0 aliphatic carbocycles. The van der Waals surface area contributed by atoms with E-state index in [9.17, 15) is 4.79 Å². The Bertz CT molecular complexity index is 341. The molecular weight excluding hydrogens is 216 g/mol. The van der Waals surface area contributed by atoms with Crippen LogP contribution < -0.4 is 0 Å². The average Bonchev–Trinajstić information content (AvgIpc) is 2.38. The molecule has 94 valence electrons. The van der Waals surface area contributed by atoms with Crippen molar-refractivity contribution in [3.05, 3.63) is 30.1 Å². The lowest BCUT2D eigenvalue weighted by Crippen LogP contribution is -2.32. The summed E-state index contributed by atoms with van der Waals surface area (Å²) in [6.45, 7) is 6.30. The molecule has 4 nitrogen and oxygen atoms in total. The summed E-state index contributed by atoms with van der Waals surface area (Å²) < 4.78 is 4.73. The Morgan fingerprint density at radius 3 is 2.82 bits per heavy atom. The van der Waals surface area contributed by atoms with Gasteiger partial charge in [0, 0.05) is 19.3 Å². The highest BCUT2D eigenvalue weighted by Gasteiger charge is 2.16. The van der Waals surface area contributed by atoms with Crippen LogP contribution in [0.15, 0.2) is 24.4 Å². The molecule has 0 radical (unpaired) electrons. The highest BCUT2D eigenvalue weighted by Crippen LogP contribution is 2.06. The molecule has 17 heavy (non-hydrogen) atoms. The number of ether oxygens (including phenoxy) is 1. The molecule has 4 heteroatoms. The number of carbonyl (C=O) groups excluding carboxylic acids is 1. The van der Waals surface area contributed by atoms with Gasteiger partial charge in [-0.3, -0.25) is 14.7 Å². The fourth-order valence-electron chi connectivity index (χ4n) is 1.69. The lowest BCUT2D eigenvalue weighted by atomic mass is 10.1. The van der Waals surface area contributed by atoms with Crippen LogP contribution in [-0.2, 0) is 16.1 Å². The third-order valence-electron chi connectivity index (χ3n) is 2.69. The van der Waals surface area contributed by atoms with Crippen LogP contribution in [0.25, 0.3) is 0 Å². The van der Waals surface area contributed by atoms with Crippen molar-refractivity contribution in [2.24, 2.45) is 5.92 Å². The van der Waals surface area contributed by atoms with E-state index in [0.717, 1.165) is 18.8 Å². The number of hydrogen-bond donors (Lipinski definition) is 0. The summed E-state index contributed by atoms with van der Waals surface area (Å²) >= 11 is 0. The fraction of sp³-hybridized carbons (Fsp3) is 0.538. The van der Waals surface area contributed by atoms with Crippen molar-refractivity contribution in [1.29, 1.82) is 0 Å². The van der Waals surface area contributed by atoms with Gasteiger partial charge < -0.3 is 4.74 Å². The monoisotopic (exact) mass is 236 g/mol. The highest BCUT2D eigenvalue weighted by molar-refractivity contribution is 5.72. The largest absolute Gasteiger partial charge is 0.469 e. The van der Waals surface area contributed by atoms with Gasteiger partial charge in [-0.2, -0.15) is 0 Å². The summed E-state index contributed by atoms with van der Waals surface area (Å²) in [6, 6.07) is 5.86. The molecule has 0 saturated carbocycles. The van der Waals surface area contributed by atoms with E-state index in [1.807, 2.05) is 25.1 Å². The molecule has 0 fully saturated rings. The van der Waals surface area contributed by atoms with E-state index in [4.69, 9.17) is 4.74 Å². The maximum absolute atomic E-state index is 11.4. The van der Waals surface area contributed by atoms with Crippen LogP contribution in [0, 0.1) is 5.92 Å². The number of esters is 1. The molecule has 0 aliphatic heterocycles. The first kappa shape index (κ1) is 13.6. The standard InChI is InChI=1S/C13H20N2O2/c1-4-15(9-11(2)13(16)17-3)10-12-7-5-6-8-14-12/h5-8,11H,4,9-10H2,1-3H3. The van der Waals surface area contributed by atoms with Crippen molar-refractivity contribution in [3.63, 3.8) is 0 Å². The minimum atomic E-state index is -0.163. The van der Waals surface area contributed by atoms with Crippen LogP contribution in [-0.4, -0.2) is 36.1 Å². The summed E-state index contributed by atoms with van der Waals surface area (Å²) in [7, 11) is 1.42. The van der Waals surface area contributed by atoms with Crippen molar-refractivity contribution in [3.8, 4) is 0 Å². The molecule has 0 spiro atoms. The Labute approximate surface area is 103 Å². The molecule has 0 N–H and O–H groups in total. The van der Waals surface area contributed by atoms with E-state index in [0.29, 0.717) is 6.54 Å². The highest BCUT2D eigenvalue weighted by atomic mass is 16.5. The number of hydrogen-bond acceptors (Lipinski definition) is 4. The average molecular weight is 236 g/mol. The fourth-order valence-corrected chi connectivity index (χ4v) is 1.69. The predicted octanol–water partition coefficient (Wildman–Crippen LogP) is 1.71. The molecule has 0 aliphatic rings. The molecule has 0 amide bonds. The topological polar surface area (TPSA) is 42.4 Å². The van der Waals surface area contributed by atoms with Gasteiger partial charge in [0.1, 0.15) is 0 Å². The first-order valence-corrected chi connectivity index (χ1v) is 5.87. The molecule has 0 bridgehead atoms. The maximum Gasteiger partial charge on any atom is 0.309 e. The molecular formula is C13H20N2O2. The Balaban J connectivity index is 2.52. The summed E-state index contributed by atoms with van der Waals surface area (Å²) in [4.78, 5) is 17.8. The van der Waals surface area contributed by atoms with E-state index in [2.05, 4.69) is 16.8 Å². The number of nitrogens with zero attached hydrogens (tertiary/aromatic N) is 2. The van der Waals surface area contributed by atoms with Crippen LogP contribution in [0.5, 0.6) is 0 Å². The normalized spacial score (nSPS) is 12.5. The molecule has 1 aromatic rings. The van der Waals surface area contributed by atoms with Gasteiger partial charge in [0.25, 0.3) is 0 Å². The minimum Gasteiger partial charge on any atom is -0.469 e. The van der Waals surface area contributed by atoms with Crippen LogP contribution in [0.1, 0.15) is 19.5 Å². The second-order valence-electron chi connectivity index (χ2n) is 4.07. The Morgan fingerprint density at radius 1 is 1.53 bits per heavy atom. The summed E-state index contributed by atoms with van der Waals surface area (Å²) in [5.41, 5.74) is 1.02. The quantitative estimate of drug-likeness (QED) is 0.705. The summed E-state index contributed by atoms with van der Waals surface area (Å²) in [6.07, 6.45) is 1.78. The Kier molecular flexibility index (Phi) is 5.63. The first-order valence-electron chi connectivity index (χ1n) is 5.87. The smallest absolute Gasteiger partial charge is 0.309 e. The van der Waals surface area contributed by atoms with E-state index in [1.165, 1.54) is 7.11 Å². The van der Waals surface area contributed by atoms with E-state index >= 15 is 0 Å². The van der Waals surface area contributed by atoms with Crippen molar-refractivity contribution in [2.75, 3.05) is 20.2 Å². The SMILES string of the molecule is CCN(Cc1ccccn1)CC(C)C(=O)OC. The number of rotatable bonds is 6. The molecule has 1 rings (SSSR count). The van der Waals surface area contributed by atoms with Gasteiger partial charge >= 0.3 is 5.97 Å². The van der Waals surface area contributed by atoms with Crippen LogP contribution in [0.4, 0.5) is 0 Å². The van der Waals surface area contributed by atoms with Gasteiger partial charge in [0.2, 0.25) is 0 Å². The van der Waals surface area contributed by atoms with Crippen molar-refractivity contribution >= 4 is 5.97 Å². The lowest BCUT2D eigenvalue weighted by molar-refractivity contribution is -0.145. The third-order valence-corrected chi connectivity index (χ3v) is 2.69. The zero-order valence-corrected chi connectivity index (χ0v) is 10.7. The summed E-state index contributed by atoms with van der Waals surface area (Å²) in [5.74, 6) is -0.270. The number of methoxy groups -OCH3 is 1. The molecule has 0 saturated heterocycles. The number of aromatic nitrogens is 1. The minimum absolute atomic E-state index is 0.108. The molecule has 0 aromatic carbocycles. The Hall–Kier alpha value is -1.42. The van der Waals surface area contributed by atoms with Crippen LogP contribution >= 0.6 is 0 Å². The van der Waals surface area contributed by atoms with Crippen LogP contribution in [0.3, 0.4) is 0 Å². The van der Waals surface area contributed by atoms with Gasteiger partial charge in [0.15, 0.2) is 0 Å². The number of carbonyl (C=O) groups is 1. The van der Waals surface area contributed by atoms with Crippen LogP contribution in [0.2, 0.25) is 0 Å². The van der Waals surface area contributed by atoms with Gasteiger partial charge in [-0.25, -0.2) is 0 Å². The second-order valence-corrected chi connectivity index (χ2v) is 4.07. The molecule has 1 atom stereocenters. The van der Waals surface area contributed by atoms with Gasteiger partial charge in [-0.15, -0.1) is 0 Å². The Morgan fingerprint density at radius 2 is 2.29 bits per heavy atom. The molecule has 1 aromatic heterocycles. The van der Waals surface area contributed by atoms with E-state index < -0.39 is 0 Å². The van der Waals surface area contributed by atoms with E-state index in [1.54, 1.807) is 6.20 Å². The second kappa shape index (κ2) is 7.01. The number of pyridine rings is 1. The zero-order chi connectivity index (χ0) is 12.7. The van der Waals surface area contributed by atoms with E-state index in [-0.39, 0.29) is 11.9 Å². The zero-order valence-electron chi connectivity index (χ0n) is 10.7. The van der Waals surface area contributed by atoms with Crippen molar-refractivity contribution < 1.29 is 9.53 Å². The maximum atomic E-state index is 11.4. The lowest BCUT2D eigenvalue weighted by Gasteiger charge is -2.22. The van der Waals surface area contributed by atoms with Gasteiger partial charge in [-0.05, 0) is 18.7 Å². The summed E-state index contributed by atoms with van der Waals surface area (Å²) in [5, 5.41) is 0. The predicted molar refractivity (Wildman–Crippen MR) is 66.4 cm³/mol.